The Morgan fingerprint density at radius 2 is 2.23 bits per heavy atom. The molecule has 0 aliphatic rings. The number of phenolic OH excluding ortho intramolecular Hbond substituents is 1. The Balaban J connectivity index is 3.07. The Kier molecular flexibility index (Phi) is 3.14. The van der Waals surface area contributed by atoms with Gasteiger partial charge >= 0.3 is 0 Å². The molecule has 0 heterocycles. The summed E-state index contributed by atoms with van der Waals surface area (Å²) in [4.78, 5) is 0. The van der Waals surface area contributed by atoms with Crippen molar-refractivity contribution in [2.75, 3.05) is 7.11 Å². The van der Waals surface area contributed by atoms with E-state index in [4.69, 9.17) is 10.5 Å². The highest BCUT2D eigenvalue weighted by Crippen LogP contribution is 2.28. The standard InChI is InChI=1S/C10H15NO2/c1-3-9(11)8-6-7(12)4-5-10(8)13-2/h4-6,9,12H,3,11H2,1-2H3/t9-/m0/s1. The number of nitrogens with two attached hydrogens (primary N) is 1. The molecule has 72 valence electrons. The Morgan fingerprint density at radius 3 is 2.77 bits per heavy atom. The number of rotatable bonds is 3. The van der Waals surface area contributed by atoms with Crippen molar-refractivity contribution in [3.8, 4) is 11.5 Å². The van der Waals surface area contributed by atoms with Crippen molar-refractivity contribution in [2.45, 2.75) is 19.4 Å². The van der Waals surface area contributed by atoms with Gasteiger partial charge in [-0.1, -0.05) is 6.92 Å². The second-order valence-corrected chi connectivity index (χ2v) is 2.94. The summed E-state index contributed by atoms with van der Waals surface area (Å²) in [6.45, 7) is 1.99. The van der Waals surface area contributed by atoms with Crippen LogP contribution in [0.15, 0.2) is 18.2 Å². The highest BCUT2D eigenvalue weighted by Gasteiger charge is 2.10. The van der Waals surface area contributed by atoms with Crippen LogP contribution in [0.2, 0.25) is 0 Å². The molecule has 1 atom stereocenters. The molecule has 3 N–H and O–H groups in total. The minimum absolute atomic E-state index is 0.0814. The van der Waals surface area contributed by atoms with Gasteiger partial charge in [0.2, 0.25) is 0 Å². The maximum Gasteiger partial charge on any atom is 0.123 e. The first-order chi connectivity index (χ1) is 6.19. The summed E-state index contributed by atoms with van der Waals surface area (Å²) < 4.78 is 5.13. The fraction of sp³-hybridized carbons (Fsp3) is 0.400. The molecule has 0 saturated heterocycles. The third-order valence-corrected chi connectivity index (χ3v) is 2.05. The highest BCUT2D eigenvalue weighted by molar-refractivity contribution is 5.41. The lowest BCUT2D eigenvalue weighted by Gasteiger charge is -2.13. The quantitative estimate of drug-likeness (QED) is 0.747. The number of phenols is 1. The minimum atomic E-state index is -0.0814. The lowest BCUT2D eigenvalue weighted by Crippen LogP contribution is -2.09. The van der Waals surface area contributed by atoms with Gasteiger partial charge in [-0.2, -0.15) is 0 Å². The maximum absolute atomic E-state index is 9.27. The van der Waals surface area contributed by atoms with E-state index in [1.165, 1.54) is 0 Å². The summed E-state index contributed by atoms with van der Waals surface area (Å²) in [7, 11) is 1.60. The van der Waals surface area contributed by atoms with Crippen LogP contribution >= 0.6 is 0 Å². The molecule has 0 bridgehead atoms. The van der Waals surface area contributed by atoms with Gasteiger partial charge in [-0.15, -0.1) is 0 Å². The molecular weight excluding hydrogens is 166 g/mol. The van der Waals surface area contributed by atoms with E-state index in [0.29, 0.717) is 0 Å². The largest absolute Gasteiger partial charge is 0.508 e. The van der Waals surface area contributed by atoms with Crippen LogP contribution in [0.5, 0.6) is 11.5 Å². The van der Waals surface area contributed by atoms with Gasteiger partial charge in [0.05, 0.1) is 7.11 Å². The van der Waals surface area contributed by atoms with E-state index < -0.39 is 0 Å². The van der Waals surface area contributed by atoms with Crippen molar-refractivity contribution in [1.82, 2.24) is 0 Å². The van der Waals surface area contributed by atoms with Crippen molar-refractivity contribution in [3.63, 3.8) is 0 Å². The number of ether oxygens (including phenoxy) is 1. The number of benzene rings is 1. The molecule has 1 rings (SSSR count). The third-order valence-electron chi connectivity index (χ3n) is 2.05. The summed E-state index contributed by atoms with van der Waals surface area (Å²) in [5.41, 5.74) is 6.70. The van der Waals surface area contributed by atoms with Gasteiger partial charge in [-0.05, 0) is 24.6 Å². The van der Waals surface area contributed by atoms with Crippen molar-refractivity contribution in [3.05, 3.63) is 23.8 Å². The van der Waals surface area contributed by atoms with E-state index in [1.54, 1.807) is 25.3 Å². The van der Waals surface area contributed by atoms with Gasteiger partial charge in [0.25, 0.3) is 0 Å². The van der Waals surface area contributed by atoms with E-state index >= 15 is 0 Å². The molecule has 1 aromatic carbocycles. The molecule has 0 unspecified atom stereocenters. The van der Waals surface area contributed by atoms with Gasteiger partial charge in [-0.25, -0.2) is 0 Å². The van der Waals surface area contributed by atoms with Crippen LogP contribution < -0.4 is 10.5 Å². The molecule has 0 saturated carbocycles. The zero-order chi connectivity index (χ0) is 9.84. The van der Waals surface area contributed by atoms with Gasteiger partial charge in [0, 0.05) is 11.6 Å². The van der Waals surface area contributed by atoms with Crippen LogP contribution in [0.25, 0.3) is 0 Å². The molecule has 0 spiro atoms. The van der Waals surface area contributed by atoms with Crippen LogP contribution in [0, 0.1) is 0 Å². The highest BCUT2D eigenvalue weighted by atomic mass is 16.5. The average molecular weight is 181 g/mol. The Hall–Kier alpha value is -1.22. The lowest BCUT2D eigenvalue weighted by atomic mass is 10.0. The van der Waals surface area contributed by atoms with Crippen molar-refractivity contribution in [1.29, 1.82) is 0 Å². The fourth-order valence-electron chi connectivity index (χ4n) is 1.23. The van der Waals surface area contributed by atoms with Crippen LogP contribution in [0.4, 0.5) is 0 Å². The molecule has 3 nitrogen and oxygen atoms in total. The molecule has 0 radical (unpaired) electrons. The first kappa shape index (κ1) is 9.86. The smallest absolute Gasteiger partial charge is 0.123 e. The number of methoxy groups -OCH3 is 1. The normalized spacial score (nSPS) is 12.5. The second-order valence-electron chi connectivity index (χ2n) is 2.94. The molecule has 0 fully saturated rings. The second kappa shape index (κ2) is 4.14. The van der Waals surface area contributed by atoms with E-state index in [-0.39, 0.29) is 11.8 Å². The van der Waals surface area contributed by atoms with E-state index in [2.05, 4.69) is 0 Å². The van der Waals surface area contributed by atoms with Gasteiger partial charge in [0.1, 0.15) is 11.5 Å². The first-order valence-electron chi connectivity index (χ1n) is 4.31. The summed E-state index contributed by atoms with van der Waals surface area (Å²) in [5, 5.41) is 9.27. The number of hydrogen-bond donors (Lipinski definition) is 2. The fourth-order valence-corrected chi connectivity index (χ4v) is 1.23. The van der Waals surface area contributed by atoms with Crippen LogP contribution in [0.1, 0.15) is 24.9 Å². The summed E-state index contributed by atoms with van der Waals surface area (Å²) in [6, 6.07) is 4.87. The Bertz CT molecular complexity index is 286. The van der Waals surface area contributed by atoms with Crippen LogP contribution in [0.3, 0.4) is 0 Å². The van der Waals surface area contributed by atoms with Crippen LogP contribution in [-0.2, 0) is 0 Å². The lowest BCUT2D eigenvalue weighted by molar-refractivity contribution is 0.402. The number of hydrogen-bond acceptors (Lipinski definition) is 3. The molecule has 3 heteroatoms. The zero-order valence-electron chi connectivity index (χ0n) is 7.95. The topological polar surface area (TPSA) is 55.5 Å². The Labute approximate surface area is 78.1 Å². The van der Waals surface area contributed by atoms with Gasteiger partial charge < -0.3 is 15.6 Å². The van der Waals surface area contributed by atoms with Crippen molar-refractivity contribution >= 4 is 0 Å². The average Bonchev–Trinajstić information content (AvgIpc) is 2.16. The first-order valence-corrected chi connectivity index (χ1v) is 4.31. The molecular formula is C10H15NO2. The summed E-state index contributed by atoms with van der Waals surface area (Å²) >= 11 is 0. The maximum atomic E-state index is 9.27. The molecule has 0 aromatic heterocycles. The summed E-state index contributed by atoms with van der Waals surface area (Å²) in [6.07, 6.45) is 0.819. The molecule has 0 aliphatic heterocycles. The molecule has 1 aromatic rings. The number of aromatic hydroxyl groups is 1. The predicted octanol–water partition coefficient (Wildman–Crippen LogP) is 1.81. The minimum Gasteiger partial charge on any atom is -0.508 e. The summed E-state index contributed by atoms with van der Waals surface area (Å²) in [5.74, 6) is 0.951. The molecule has 0 aliphatic carbocycles. The van der Waals surface area contributed by atoms with E-state index in [9.17, 15) is 5.11 Å². The van der Waals surface area contributed by atoms with Gasteiger partial charge in [0.15, 0.2) is 0 Å². The van der Waals surface area contributed by atoms with Gasteiger partial charge in [-0.3, -0.25) is 0 Å². The molecule has 13 heavy (non-hydrogen) atoms. The van der Waals surface area contributed by atoms with Crippen molar-refractivity contribution in [2.24, 2.45) is 5.73 Å². The van der Waals surface area contributed by atoms with Crippen LogP contribution in [-0.4, -0.2) is 12.2 Å². The van der Waals surface area contributed by atoms with E-state index in [0.717, 1.165) is 17.7 Å². The Morgan fingerprint density at radius 1 is 1.54 bits per heavy atom. The predicted molar refractivity (Wildman–Crippen MR) is 51.9 cm³/mol. The zero-order valence-corrected chi connectivity index (χ0v) is 7.95. The third kappa shape index (κ3) is 2.12. The molecule has 0 amide bonds. The SMILES string of the molecule is CC[C@H](N)c1cc(O)ccc1OC. The monoisotopic (exact) mass is 181 g/mol. The van der Waals surface area contributed by atoms with Crippen molar-refractivity contribution < 1.29 is 9.84 Å². The van der Waals surface area contributed by atoms with E-state index in [1.807, 2.05) is 6.92 Å².